The fourth-order valence-electron chi connectivity index (χ4n) is 3.10. The molecule has 0 aliphatic carbocycles. The Morgan fingerprint density at radius 3 is 2.61 bits per heavy atom. The van der Waals surface area contributed by atoms with E-state index >= 15 is 0 Å². The maximum absolute atomic E-state index is 12.7. The Morgan fingerprint density at radius 2 is 1.96 bits per heavy atom. The lowest BCUT2D eigenvalue weighted by molar-refractivity contribution is -0.118. The molecule has 3 rings (SSSR count). The topological polar surface area (TPSA) is 92.5 Å². The zero-order valence-electron chi connectivity index (χ0n) is 13.1. The van der Waals surface area contributed by atoms with Gasteiger partial charge in [0.25, 0.3) is 10.9 Å². The summed E-state index contributed by atoms with van der Waals surface area (Å²) in [5.41, 5.74) is 6.21. The number of nitrogens with two attached hydrogens (primary N) is 1. The van der Waals surface area contributed by atoms with Gasteiger partial charge < -0.3 is 16.0 Å². The monoisotopic (exact) mass is 313 g/mol. The van der Waals surface area contributed by atoms with E-state index in [9.17, 15) is 14.4 Å². The first-order valence-corrected chi connectivity index (χ1v) is 7.69. The second-order valence-corrected chi connectivity index (χ2v) is 6.03. The number of amides is 1. The minimum atomic E-state index is -0.666. The summed E-state index contributed by atoms with van der Waals surface area (Å²) < 4.78 is 0. The molecule has 6 heteroatoms. The third-order valence-corrected chi connectivity index (χ3v) is 4.61. The first-order chi connectivity index (χ1) is 11.0. The first-order valence-electron chi connectivity index (χ1n) is 7.69. The van der Waals surface area contributed by atoms with Crippen LogP contribution in [0.25, 0.3) is 0 Å². The number of nitrogens with zero attached hydrogens (tertiary/aromatic N) is 1. The van der Waals surface area contributed by atoms with Gasteiger partial charge in [-0.25, -0.2) is 0 Å². The van der Waals surface area contributed by atoms with Gasteiger partial charge in [-0.2, -0.15) is 0 Å². The van der Waals surface area contributed by atoms with Crippen molar-refractivity contribution in [3.05, 3.63) is 50.3 Å². The number of nitrogen functional groups attached to an aromatic ring is 1. The van der Waals surface area contributed by atoms with Crippen molar-refractivity contribution in [3.8, 4) is 0 Å². The van der Waals surface area contributed by atoms with Crippen molar-refractivity contribution in [2.24, 2.45) is 5.92 Å². The number of rotatable bonds is 3. The van der Waals surface area contributed by atoms with Gasteiger partial charge in [0.1, 0.15) is 17.4 Å². The normalized spacial score (nSPS) is 19.1. The number of fused-ring (bicyclic) bond motifs is 1. The molecule has 6 nitrogen and oxygen atoms in total. The fraction of sp³-hybridized carbons (Fsp3) is 0.353. The largest absolute Gasteiger partial charge is 0.394 e. The van der Waals surface area contributed by atoms with Crippen LogP contribution in [0.2, 0.25) is 0 Å². The van der Waals surface area contributed by atoms with E-state index < -0.39 is 16.9 Å². The van der Waals surface area contributed by atoms with Crippen molar-refractivity contribution in [1.82, 2.24) is 0 Å². The number of carbonyl (C=O) groups excluding carboxylic acids is 1. The molecule has 1 heterocycles. The highest BCUT2D eigenvalue weighted by atomic mass is 16.2. The van der Waals surface area contributed by atoms with Crippen molar-refractivity contribution in [2.75, 3.05) is 16.0 Å². The Bertz CT molecular complexity index is 836. The maximum atomic E-state index is 12.7. The minimum Gasteiger partial charge on any atom is -0.394 e. The highest BCUT2D eigenvalue weighted by Gasteiger charge is 2.38. The van der Waals surface area contributed by atoms with Gasteiger partial charge in [0.05, 0.1) is 0 Å². The zero-order valence-corrected chi connectivity index (χ0v) is 13.1. The predicted molar refractivity (Wildman–Crippen MR) is 90.3 cm³/mol. The number of benzene rings is 1. The number of para-hydroxylation sites is 1. The van der Waals surface area contributed by atoms with E-state index in [1.165, 1.54) is 0 Å². The third kappa shape index (κ3) is 2.30. The van der Waals surface area contributed by atoms with Crippen LogP contribution in [0.5, 0.6) is 0 Å². The van der Waals surface area contributed by atoms with Crippen molar-refractivity contribution in [3.63, 3.8) is 0 Å². The van der Waals surface area contributed by atoms with Crippen LogP contribution >= 0.6 is 0 Å². The van der Waals surface area contributed by atoms with Crippen LogP contribution in [0.15, 0.2) is 33.9 Å². The lowest BCUT2D eigenvalue weighted by Crippen LogP contribution is -2.52. The first kappa shape index (κ1) is 15.3. The van der Waals surface area contributed by atoms with Crippen molar-refractivity contribution in [2.45, 2.75) is 32.9 Å². The number of hydrogen-bond donors (Lipinski definition) is 2. The Hall–Kier alpha value is -2.63. The number of nitrogens with one attached hydrogen (secondary N) is 1. The molecule has 0 saturated carbocycles. The van der Waals surface area contributed by atoms with E-state index in [1.807, 2.05) is 38.1 Å². The predicted octanol–water partition coefficient (Wildman–Crippen LogP) is 1.24. The van der Waals surface area contributed by atoms with Gasteiger partial charge in [0, 0.05) is 12.2 Å². The van der Waals surface area contributed by atoms with E-state index in [0.29, 0.717) is 6.54 Å². The smallest absolute Gasteiger partial charge is 0.253 e. The Morgan fingerprint density at radius 1 is 1.26 bits per heavy atom. The highest BCUT2D eigenvalue weighted by Crippen LogP contribution is 2.32. The molecule has 1 unspecified atom stereocenters. The summed E-state index contributed by atoms with van der Waals surface area (Å²) in [7, 11) is 0. The molecule has 0 saturated heterocycles. The Kier molecular flexibility index (Phi) is 3.67. The number of anilines is 3. The van der Waals surface area contributed by atoms with Crippen LogP contribution in [-0.4, -0.2) is 11.9 Å². The second-order valence-electron chi connectivity index (χ2n) is 6.03. The summed E-state index contributed by atoms with van der Waals surface area (Å²) in [5, 5.41) is 2.92. The molecule has 1 amide bonds. The summed E-state index contributed by atoms with van der Waals surface area (Å²) in [5.74, 6) is -0.176. The molecule has 0 aromatic heterocycles. The lowest BCUT2D eigenvalue weighted by Gasteiger charge is -2.34. The van der Waals surface area contributed by atoms with Gasteiger partial charge >= 0.3 is 0 Å². The molecule has 0 spiro atoms. The highest BCUT2D eigenvalue weighted by molar-refractivity contribution is 5.99. The average molecular weight is 313 g/mol. The molecule has 1 aliphatic heterocycles. The van der Waals surface area contributed by atoms with Gasteiger partial charge in [0.15, 0.2) is 0 Å². The van der Waals surface area contributed by atoms with Crippen LogP contribution in [-0.2, 0) is 11.3 Å². The molecule has 2 aromatic rings. The molecule has 0 radical (unpaired) electrons. The summed E-state index contributed by atoms with van der Waals surface area (Å²) in [6.45, 7) is 4.30. The van der Waals surface area contributed by atoms with Crippen molar-refractivity contribution in [1.29, 1.82) is 0 Å². The quantitative estimate of drug-likeness (QED) is 0.832. The van der Waals surface area contributed by atoms with E-state index in [-0.39, 0.29) is 23.2 Å². The van der Waals surface area contributed by atoms with Gasteiger partial charge in [-0.05, 0) is 17.5 Å². The van der Waals surface area contributed by atoms with E-state index in [0.717, 1.165) is 17.7 Å². The minimum absolute atomic E-state index is 0.00751. The van der Waals surface area contributed by atoms with E-state index in [2.05, 4.69) is 5.32 Å². The van der Waals surface area contributed by atoms with Crippen LogP contribution < -0.4 is 26.8 Å². The van der Waals surface area contributed by atoms with Crippen molar-refractivity contribution >= 4 is 23.0 Å². The number of carbonyl (C=O) groups is 1. The Labute approximate surface area is 133 Å². The summed E-state index contributed by atoms with van der Waals surface area (Å²) in [6.07, 6.45) is 0.764. The van der Waals surface area contributed by atoms with E-state index in [4.69, 9.17) is 5.73 Å². The number of hydrogen-bond acceptors (Lipinski definition) is 5. The second kappa shape index (κ2) is 5.53. The standard InChI is InChI=1S/C17H19N3O3/c1-3-9(2)13-17(23)19-11-7-5-4-6-10(11)8-20(13)14-12(18)15(21)16(14)22/h4-7,9,13H,3,8,18H2,1-2H3,(H,19,23)/t9?,13-/m0/s1. The molecule has 0 bridgehead atoms. The fourth-order valence-corrected chi connectivity index (χ4v) is 3.10. The van der Waals surface area contributed by atoms with Crippen LogP contribution in [0, 0.1) is 5.92 Å². The van der Waals surface area contributed by atoms with Gasteiger partial charge in [-0.1, -0.05) is 38.5 Å². The van der Waals surface area contributed by atoms with Gasteiger partial charge in [-0.3, -0.25) is 14.4 Å². The molecule has 120 valence electrons. The molecular formula is C17H19N3O3. The summed E-state index contributed by atoms with van der Waals surface area (Å²) in [4.78, 5) is 37.9. The molecule has 3 N–H and O–H groups in total. The van der Waals surface area contributed by atoms with Crippen LogP contribution in [0.1, 0.15) is 25.8 Å². The van der Waals surface area contributed by atoms with E-state index in [1.54, 1.807) is 4.90 Å². The van der Waals surface area contributed by atoms with Crippen LogP contribution in [0.4, 0.5) is 17.1 Å². The van der Waals surface area contributed by atoms with Crippen molar-refractivity contribution < 1.29 is 4.79 Å². The maximum Gasteiger partial charge on any atom is 0.253 e. The average Bonchev–Trinajstić information content (AvgIpc) is 2.69. The lowest BCUT2D eigenvalue weighted by atomic mass is 9.95. The summed E-state index contributed by atoms with van der Waals surface area (Å²) in [6, 6.07) is 6.90. The van der Waals surface area contributed by atoms with Crippen LogP contribution in [0.3, 0.4) is 0 Å². The third-order valence-electron chi connectivity index (χ3n) is 4.61. The molecule has 23 heavy (non-hydrogen) atoms. The molecule has 1 aliphatic rings. The Balaban J connectivity index is 2.13. The molecule has 0 fully saturated rings. The molecule has 2 aromatic carbocycles. The zero-order chi connectivity index (χ0) is 16.7. The molecule has 2 atom stereocenters. The SMILES string of the molecule is CCC(C)[C@H]1C(=O)Nc2ccccc2CN1c1c(N)c(=O)c1=O. The van der Waals surface area contributed by atoms with Gasteiger partial charge in [0.2, 0.25) is 5.91 Å². The molecular weight excluding hydrogens is 294 g/mol. The summed E-state index contributed by atoms with van der Waals surface area (Å²) >= 11 is 0. The van der Waals surface area contributed by atoms with Gasteiger partial charge in [-0.15, -0.1) is 0 Å².